The molecule has 0 saturated heterocycles. The quantitative estimate of drug-likeness (QED) is 0.519. The predicted octanol–water partition coefficient (Wildman–Crippen LogP) is 3.90. The number of hydrogen-bond donors (Lipinski definition) is 1. The van der Waals surface area contributed by atoms with Crippen molar-refractivity contribution >= 4 is 16.6 Å². The van der Waals surface area contributed by atoms with Crippen LogP contribution < -0.4 is 10.5 Å². The van der Waals surface area contributed by atoms with Gasteiger partial charge in [0.25, 0.3) is 0 Å². The summed E-state index contributed by atoms with van der Waals surface area (Å²) >= 11 is 0. The van der Waals surface area contributed by atoms with E-state index in [1.165, 1.54) is 0 Å². The molecule has 0 amide bonds. The number of hydrogen-bond acceptors (Lipinski definition) is 5. The fourth-order valence-corrected chi connectivity index (χ4v) is 5.04. The minimum absolute atomic E-state index is 0.0785. The van der Waals surface area contributed by atoms with E-state index in [-0.39, 0.29) is 17.2 Å². The van der Waals surface area contributed by atoms with Crippen LogP contribution >= 0.6 is 0 Å². The highest BCUT2D eigenvalue weighted by Crippen LogP contribution is 2.56. The third-order valence-electron chi connectivity index (χ3n) is 6.23. The number of ether oxygens (including phenoxy) is 1. The minimum Gasteiger partial charge on any atom is -0.422 e. The van der Waals surface area contributed by atoms with Gasteiger partial charge in [-0.2, -0.15) is 10.4 Å². The molecule has 0 fully saturated rings. The number of rotatable bonds is 1. The van der Waals surface area contributed by atoms with Crippen molar-refractivity contribution in [3.63, 3.8) is 0 Å². The molecule has 0 bridgehead atoms. The molecular formula is C25H16N4O2. The molecule has 6 nitrogen and oxygen atoms in total. The fourth-order valence-electron chi connectivity index (χ4n) is 5.04. The van der Waals surface area contributed by atoms with E-state index in [4.69, 9.17) is 15.6 Å². The lowest BCUT2D eigenvalue weighted by Gasteiger charge is -2.33. The smallest absolute Gasteiger partial charge is 0.229 e. The SMILES string of the molecule is Cc1nn(-c2ccccc2)c2c1C1(C(=O)c3cccc4cccc1c34)C(C#N)=C(N)O2. The summed E-state index contributed by atoms with van der Waals surface area (Å²) in [5.74, 6) is 0.0997. The second-order valence-corrected chi connectivity index (χ2v) is 7.75. The maximum absolute atomic E-state index is 14.1. The Morgan fingerprint density at radius 2 is 1.81 bits per heavy atom. The molecule has 1 spiro atoms. The maximum Gasteiger partial charge on any atom is 0.229 e. The van der Waals surface area contributed by atoms with E-state index >= 15 is 0 Å². The molecule has 0 saturated carbocycles. The Bertz CT molecular complexity index is 1500. The number of fused-ring (bicyclic) bond motifs is 3. The number of nitrogens with zero attached hydrogens (tertiary/aromatic N) is 3. The molecule has 4 aromatic rings. The summed E-state index contributed by atoms with van der Waals surface area (Å²) in [7, 11) is 0. The van der Waals surface area contributed by atoms with E-state index in [2.05, 4.69) is 6.07 Å². The predicted molar refractivity (Wildman–Crippen MR) is 115 cm³/mol. The van der Waals surface area contributed by atoms with Crippen LogP contribution in [-0.2, 0) is 5.41 Å². The van der Waals surface area contributed by atoms with Gasteiger partial charge in [0, 0.05) is 5.56 Å². The van der Waals surface area contributed by atoms with Gasteiger partial charge < -0.3 is 10.5 Å². The van der Waals surface area contributed by atoms with Crippen molar-refractivity contribution < 1.29 is 9.53 Å². The number of allylic oxidation sites excluding steroid dienone is 1. The number of carbonyl (C=O) groups excluding carboxylic acids is 1. The highest BCUT2D eigenvalue weighted by atomic mass is 16.5. The Morgan fingerprint density at radius 3 is 2.55 bits per heavy atom. The summed E-state index contributed by atoms with van der Waals surface area (Å²) in [4.78, 5) is 14.1. The molecule has 1 aliphatic carbocycles. The van der Waals surface area contributed by atoms with E-state index in [9.17, 15) is 10.1 Å². The van der Waals surface area contributed by atoms with Gasteiger partial charge in [-0.15, -0.1) is 0 Å². The van der Waals surface area contributed by atoms with Crippen molar-refractivity contribution in [1.82, 2.24) is 9.78 Å². The van der Waals surface area contributed by atoms with Crippen molar-refractivity contribution in [2.75, 3.05) is 0 Å². The maximum atomic E-state index is 14.1. The first-order valence-corrected chi connectivity index (χ1v) is 9.89. The van der Waals surface area contributed by atoms with E-state index in [0.717, 1.165) is 22.0 Å². The van der Waals surface area contributed by atoms with Gasteiger partial charge in [-0.25, -0.2) is 4.68 Å². The van der Waals surface area contributed by atoms with Gasteiger partial charge in [-0.3, -0.25) is 4.79 Å². The van der Waals surface area contributed by atoms with Gasteiger partial charge in [0.1, 0.15) is 17.1 Å². The third-order valence-corrected chi connectivity index (χ3v) is 6.23. The lowest BCUT2D eigenvalue weighted by Crippen LogP contribution is -2.41. The topological polar surface area (TPSA) is 93.9 Å². The number of nitriles is 1. The van der Waals surface area contributed by atoms with E-state index in [1.54, 1.807) is 10.7 Å². The van der Waals surface area contributed by atoms with Gasteiger partial charge in [0.15, 0.2) is 5.78 Å². The number of benzene rings is 3. The van der Waals surface area contributed by atoms with Crippen LogP contribution in [-0.4, -0.2) is 15.6 Å². The van der Waals surface area contributed by atoms with Crippen LogP contribution in [0.4, 0.5) is 0 Å². The van der Waals surface area contributed by atoms with Gasteiger partial charge >= 0.3 is 0 Å². The van der Waals surface area contributed by atoms with E-state index in [0.29, 0.717) is 22.7 Å². The highest BCUT2D eigenvalue weighted by molar-refractivity contribution is 6.24. The molecule has 6 heteroatoms. The number of Topliss-reactive ketones (excluding diaryl/α,β-unsaturated/α-hetero) is 1. The number of ketones is 1. The zero-order valence-corrected chi connectivity index (χ0v) is 16.6. The molecule has 1 unspecified atom stereocenters. The fraction of sp³-hybridized carbons (Fsp3) is 0.0800. The van der Waals surface area contributed by atoms with Crippen molar-refractivity contribution in [2.45, 2.75) is 12.3 Å². The molecule has 2 N–H and O–H groups in total. The van der Waals surface area contributed by atoms with Crippen LogP contribution in [0.3, 0.4) is 0 Å². The van der Waals surface area contributed by atoms with Gasteiger partial charge in [0.2, 0.25) is 11.8 Å². The largest absolute Gasteiger partial charge is 0.422 e. The monoisotopic (exact) mass is 404 g/mol. The van der Waals surface area contributed by atoms with Crippen LogP contribution in [0.25, 0.3) is 16.5 Å². The molecule has 2 heterocycles. The molecular weight excluding hydrogens is 388 g/mol. The molecule has 31 heavy (non-hydrogen) atoms. The average Bonchev–Trinajstić information content (AvgIpc) is 3.24. The normalized spacial score (nSPS) is 18.9. The van der Waals surface area contributed by atoms with Gasteiger partial charge in [-0.1, -0.05) is 54.6 Å². The Kier molecular flexibility index (Phi) is 3.29. The second-order valence-electron chi connectivity index (χ2n) is 7.75. The molecule has 1 aliphatic heterocycles. The minimum atomic E-state index is -1.38. The number of aryl methyl sites for hydroxylation is 1. The van der Waals surface area contributed by atoms with Crippen LogP contribution in [0.1, 0.15) is 27.2 Å². The van der Waals surface area contributed by atoms with E-state index < -0.39 is 5.41 Å². The lowest BCUT2D eigenvalue weighted by molar-refractivity contribution is 0.0936. The Labute approximate surface area is 177 Å². The Balaban J connectivity index is 1.78. The summed E-state index contributed by atoms with van der Waals surface area (Å²) < 4.78 is 7.60. The molecule has 1 atom stereocenters. The zero-order chi connectivity index (χ0) is 21.3. The molecule has 6 rings (SSSR count). The first-order valence-electron chi connectivity index (χ1n) is 9.89. The average molecular weight is 404 g/mol. The Morgan fingerprint density at radius 1 is 1.06 bits per heavy atom. The van der Waals surface area contributed by atoms with Crippen molar-refractivity contribution in [3.8, 4) is 17.6 Å². The first kappa shape index (κ1) is 17.5. The van der Waals surface area contributed by atoms with Crippen LogP contribution in [0.15, 0.2) is 78.2 Å². The van der Waals surface area contributed by atoms with E-state index in [1.807, 2.05) is 67.6 Å². The van der Waals surface area contributed by atoms with Crippen LogP contribution in [0.5, 0.6) is 5.88 Å². The summed E-state index contributed by atoms with van der Waals surface area (Å²) in [6.07, 6.45) is 0. The Hall–Kier alpha value is -4.37. The van der Waals surface area contributed by atoms with Crippen molar-refractivity contribution in [2.24, 2.45) is 5.73 Å². The number of para-hydroxylation sites is 1. The summed E-state index contributed by atoms with van der Waals surface area (Å²) in [5, 5.41) is 16.6. The van der Waals surface area contributed by atoms with Crippen LogP contribution in [0.2, 0.25) is 0 Å². The van der Waals surface area contributed by atoms with Gasteiger partial charge in [0.05, 0.1) is 16.9 Å². The van der Waals surface area contributed by atoms with Gasteiger partial charge in [-0.05, 0) is 35.4 Å². The molecule has 0 radical (unpaired) electrons. The highest BCUT2D eigenvalue weighted by Gasteiger charge is 2.58. The summed E-state index contributed by atoms with van der Waals surface area (Å²) in [6, 6.07) is 23.1. The van der Waals surface area contributed by atoms with Crippen LogP contribution in [0, 0.1) is 18.3 Å². The standard InChI is InChI=1S/C25H16N4O2/c1-14-21-24(29(28-14)16-9-3-2-4-10-16)31-23(27)19(13-26)25(21)18-12-6-8-15-7-5-11-17(20(15)18)22(25)30/h2-12H,27H2,1H3. The molecule has 3 aromatic carbocycles. The second kappa shape index (κ2) is 5.83. The molecule has 1 aromatic heterocycles. The van der Waals surface area contributed by atoms with Crippen molar-refractivity contribution in [3.05, 3.63) is 101 Å². The molecule has 2 aliphatic rings. The summed E-state index contributed by atoms with van der Waals surface area (Å²) in [5.41, 5.74) is 8.27. The molecule has 148 valence electrons. The number of carbonyl (C=O) groups is 1. The lowest BCUT2D eigenvalue weighted by atomic mass is 9.68. The number of nitrogens with two attached hydrogens (primary N) is 1. The zero-order valence-electron chi connectivity index (χ0n) is 16.6. The third kappa shape index (κ3) is 1.95. The van der Waals surface area contributed by atoms with Crippen molar-refractivity contribution in [1.29, 1.82) is 5.26 Å². The number of aromatic nitrogens is 2. The first-order chi connectivity index (χ1) is 15.1. The summed E-state index contributed by atoms with van der Waals surface area (Å²) in [6.45, 7) is 1.83.